The molecule has 5 nitrogen and oxygen atoms in total. The van der Waals surface area contributed by atoms with E-state index in [1.165, 1.54) is 19.3 Å². The highest BCUT2D eigenvalue weighted by Crippen LogP contribution is 2.28. The molecule has 2 atom stereocenters. The molecule has 3 rings (SSSR count). The summed E-state index contributed by atoms with van der Waals surface area (Å²) in [5.74, 6) is 0.561. The Bertz CT molecular complexity index is 600. The lowest BCUT2D eigenvalue weighted by Crippen LogP contribution is -2.29. The van der Waals surface area contributed by atoms with Crippen LogP contribution in [0.15, 0.2) is 23.0 Å². The van der Waals surface area contributed by atoms with E-state index in [4.69, 9.17) is 5.73 Å². The maximum absolute atomic E-state index is 11.2. The number of aromatic amines is 2. The van der Waals surface area contributed by atoms with Crippen molar-refractivity contribution >= 4 is 16.7 Å². The molecule has 5 N–H and O–H groups in total. The fraction of sp³-hybridized carbons (Fsp3) is 0.462. The summed E-state index contributed by atoms with van der Waals surface area (Å²) in [6.07, 6.45) is 3.61. The monoisotopic (exact) mass is 246 g/mol. The van der Waals surface area contributed by atoms with Gasteiger partial charge in [0.15, 0.2) is 0 Å². The van der Waals surface area contributed by atoms with Gasteiger partial charge in [-0.25, -0.2) is 4.79 Å². The van der Waals surface area contributed by atoms with Gasteiger partial charge in [0.1, 0.15) is 0 Å². The van der Waals surface area contributed by atoms with Gasteiger partial charge in [0, 0.05) is 11.7 Å². The van der Waals surface area contributed by atoms with Crippen LogP contribution in [0.3, 0.4) is 0 Å². The summed E-state index contributed by atoms with van der Waals surface area (Å²) in [5, 5.41) is 3.53. The summed E-state index contributed by atoms with van der Waals surface area (Å²) >= 11 is 0. The van der Waals surface area contributed by atoms with Crippen molar-refractivity contribution in [2.75, 3.05) is 11.9 Å². The fourth-order valence-corrected chi connectivity index (χ4v) is 2.85. The second-order valence-corrected chi connectivity index (χ2v) is 5.02. The van der Waals surface area contributed by atoms with Crippen LogP contribution in [0.4, 0.5) is 5.69 Å². The highest BCUT2D eigenvalue weighted by atomic mass is 16.1. The van der Waals surface area contributed by atoms with Gasteiger partial charge in [0.05, 0.1) is 11.0 Å². The minimum absolute atomic E-state index is 0.164. The van der Waals surface area contributed by atoms with Crippen LogP contribution in [0.5, 0.6) is 0 Å². The molecule has 1 saturated carbocycles. The standard InChI is InChI=1S/C13H18N4O/c14-7-8-2-1-3-10(8)15-9-4-5-11-12(6-9)17-13(18)16-11/h4-6,8,10,15H,1-3,7,14H2,(H2,16,17,18). The van der Waals surface area contributed by atoms with E-state index in [1.54, 1.807) is 0 Å². The number of nitrogens with one attached hydrogen (secondary N) is 3. The zero-order chi connectivity index (χ0) is 12.5. The zero-order valence-electron chi connectivity index (χ0n) is 10.2. The van der Waals surface area contributed by atoms with Gasteiger partial charge in [-0.1, -0.05) is 6.42 Å². The minimum atomic E-state index is -0.164. The van der Waals surface area contributed by atoms with Gasteiger partial charge >= 0.3 is 5.69 Å². The van der Waals surface area contributed by atoms with E-state index in [2.05, 4.69) is 15.3 Å². The fourth-order valence-electron chi connectivity index (χ4n) is 2.85. The molecular weight excluding hydrogens is 228 g/mol. The number of nitrogens with two attached hydrogens (primary N) is 1. The SMILES string of the molecule is NCC1CCCC1Nc1ccc2[nH]c(=O)[nH]c2c1. The van der Waals surface area contributed by atoms with E-state index in [9.17, 15) is 4.79 Å². The molecule has 0 bridgehead atoms. The smallest absolute Gasteiger partial charge is 0.323 e. The van der Waals surface area contributed by atoms with Gasteiger partial charge in [0.25, 0.3) is 0 Å². The first-order valence-corrected chi connectivity index (χ1v) is 6.45. The minimum Gasteiger partial charge on any atom is -0.382 e. The van der Waals surface area contributed by atoms with Crippen LogP contribution in [0, 0.1) is 5.92 Å². The maximum atomic E-state index is 11.2. The zero-order valence-corrected chi connectivity index (χ0v) is 10.2. The largest absolute Gasteiger partial charge is 0.382 e. The van der Waals surface area contributed by atoms with Crippen LogP contribution < -0.4 is 16.7 Å². The van der Waals surface area contributed by atoms with Crippen LogP contribution in [-0.2, 0) is 0 Å². The van der Waals surface area contributed by atoms with Crippen molar-refractivity contribution in [3.63, 3.8) is 0 Å². The molecule has 1 aromatic heterocycles. The third kappa shape index (κ3) is 2.01. The third-order valence-corrected chi connectivity index (χ3v) is 3.83. The Balaban J connectivity index is 1.83. The molecule has 0 aliphatic heterocycles. The van der Waals surface area contributed by atoms with Crippen LogP contribution in [0.25, 0.3) is 11.0 Å². The number of imidazole rings is 1. The van der Waals surface area contributed by atoms with E-state index < -0.39 is 0 Å². The lowest BCUT2D eigenvalue weighted by Gasteiger charge is -2.20. The van der Waals surface area contributed by atoms with E-state index in [1.807, 2.05) is 18.2 Å². The van der Waals surface area contributed by atoms with Gasteiger partial charge in [-0.3, -0.25) is 0 Å². The number of fused-ring (bicyclic) bond motifs is 1. The van der Waals surface area contributed by atoms with Crippen LogP contribution in [-0.4, -0.2) is 22.6 Å². The van der Waals surface area contributed by atoms with Gasteiger partial charge < -0.3 is 21.0 Å². The molecule has 2 unspecified atom stereocenters. The Labute approximate surface area is 105 Å². The molecule has 0 radical (unpaired) electrons. The van der Waals surface area contributed by atoms with E-state index >= 15 is 0 Å². The molecule has 0 spiro atoms. The predicted octanol–water partition coefficient (Wildman–Crippen LogP) is 1.40. The quantitative estimate of drug-likeness (QED) is 0.660. The van der Waals surface area contributed by atoms with Crippen molar-refractivity contribution < 1.29 is 0 Å². The summed E-state index contributed by atoms with van der Waals surface area (Å²) in [5.41, 5.74) is 8.34. The summed E-state index contributed by atoms with van der Waals surface area (Å²) in [6.45, 7) is 0.737. The van der Waals surface area contributed by atoms with Gasteiger partial charge in [0.2, 0.25) is 0 Å². The van der Waals surface area contributed by atoms with Gasteiger partial charge in [-0.15, -0.1) is 0 Å². The van der Waals surface area contributed by atoms with Gasteiger partial charge in [-0.2, -0.15) is 0 Å². The molecule has 96 valence electrons. The highest BCUT2D eigenvalue weighted by molar-refractivity contribution is 5.78. The number of rotatable bonds is 3. The summed E-state index contributed by atoms with van der Waals surface area (Å²) in [4.78, 5) is 16.7. The van der Waals surface area contributed by atoms with Crippen LogP contribution >= 0.6 is 0 Å². The molecule has 1 fully saturated rings. The lowest BCUT2D eigenvalue weighted by molar-refractivity contribution is 0.516. The van der Waals surface area contributed by atoms with Crippen molar-refractivity contribution in [2.45, 2.75) is 25.3 Å². The van der Waals surface area contributed by atoms with E-state index in [0.29, 0.717) is 12.0 Å². The second-order valence-electron chi connectivity index (χ2n) is 5.02. The molecule has 1 aliphatic rings. The number of aromatic nitrogens is 2. The van der Waals surface area contributed by atoms with Crippen LogP contribution in [0.1, 0.15) is 19.3 Å². The topological polar surface area (TPSA) is 86.7 Å². The van der Waals surface area contributed by atoms with E-state index in [-0.39, 0.29) is 5.69 Å². The summed E-state index contributed by atoms with van der Waals surface area (Å²) in [6, 6.07) is 6.34. The molecule has 0 amide bonds. The first-order chi connectivity index (χ1) is 8.76. The predicted molar refractivity (Wildman–Crippen MR) is 72.7 cm³/mol. The Morgan fingerprint density at radius 1 is 1.28 bits per heavy atom. The molecule has 18 heavy (non-hydrogen) atoms. The first-order valence-electron chi connectivity index (χ1n) is 6.45. The molecule has 1 heterocycles. The summed E-state index contributed by atoms with van der Waals surface area (Å²) < 4.78 is 0. The number of H-pyrrole nitrogens is 2. The van der Waals surface area contributed by atoms with Gasteiger partial charge in [-0.05, 0) is 43.5 Å². The average Bonchev–Trinajstić information content (AvgIpc) is 2.93. The third-order valence-electron chi connectivity index (χ3n) is 3.83. The molecular formula is C13H18N4O. The second kappa shape index (κ2) is 4.49. The Hall–Kier alpha value is -1.75. The molecule has 0 saturated heterocycles. The maximum Gasteiger partial charge on any atom is 0.323 e. The average molecular weight is 246 g/mol. The normalized spacial score (nSPS) is 23.6. The first kappa shape index (κ1) is 11.3. The van der Waals surface area contributed by atoms with Crippen molar-refractivity contribution in [1.82, 2.24) is 9.97 Å². The number of anilines is 1. The number of hydrogen-bond donors (Lipinski definition) is 4. The molecule has 5 heteroatoms. The molecule has 2 aromatic rings. The lowest BCUT2D eigenvalue weighted by atomic mass is 10.0. The molecule has 1 aromatic carbocycles. The summed E-state index contributed by atoms with van der Waals surface area (Å²) in [7, 11) is 0. The molecule has 1 aliphatic carbocycles. The number of benzene rings is 1. The van der Waals surface area contributed by atoms with E-state index in [0.717, 1.165) is 23.3 Å². The highest BCUT2D eigenvalue weighted by Gasteiger charge is 2.25. The Kier molecular flexibility index (Phi) is 2.83. The number of hydrogen-bond acceptors (Lipinski definition) is 3. The van der Waals surface area contributed by atoms with Crippen LogP contribution in [0.2, 0.25) is 0 Å². The van der Waals surface area contributed by atoms with Crippen molar-refractivity contribution in [3.8, 4) is 0 Å². The van der Waals surface area contributed by atoms with Crippen molar-refractivity contribution in [3.05, 3.63) is 28.7 Å². The Morgan fingerprint density at radius 2 is 2.11 bits per heavy atom. The Morgan fingerprint density at radius 3 is 2.94 bits per heavy atom. The van der Waals surface area contributed by atoms with Crippen molar-refractivity contribution in [1.29, 1.82) is 0 Å². The van der Waals surface area contributed by atoms with Crippen molar-refractivity contribution in [2.24, 2.45) is 11.7 Å².